The highest BCUT2D eigenvalue weighted by Gasteiger charge is 2.31. The summed E-state index contributed by atoms with van der Waals surface area (Å²) in [6.07, 6.45) is 0.365. The first-order valence-corrected chi connectivity index (χ1v) is 5.46. The molecule has 2 N–H and O–H groups in total. The van der Waals surface area contributed by atoms with E-state index in [2.05, 4.69) is 10.6 Å². The Hall–Kier alpha value is -0.550. The zero-order valence-corrected chi connectivity index (χ0v) is 8.02. The molecule has 0 bridgehead atoms. The van der Waals surface area contributed by atoms with Crippen LogP contribution in [0, 0.1) is 5.92 Å². The van der Waals surface area contributed by atoms with Crippen molar-refractivity contribution in [2.75, 3.05) is 18.8 Å². The van der Waals surface area contributed by atoms with Crippen molar-refractivity contribution in [2.24, 2.45) is 5.92 Å². The Morgan fingerprint density at radius 1 is 1.38 bits per heavy atom. The van der Waals surface area contributed by atoms with Crippen LogP contribution < -0.4 is 10.6 Å². The third kappa shape index (κ3) is 2.03. The molecule has 1 unspecified atom stereocenters. The first-order valence-electron chi connectivity index (χ1n) is 4.41. The lowest BCUT2D eigenvalue weighted by Crippen LogP contribution is -2.43. The number of hydrogen-bond acceptors (Lipinski definition) is 4. The molecule has 0 aliphatic carbocycles. The summed E-state index contributed by atoms with van der Waals surface area (Å²) in [7, 11) is 0. The monoisotopic (exact) mass is 200 g/mol. The van der Waals surface area contributed by atoms with Gasteiger partial charge in [-0.15, -0.1) is 11.8 Å². The number of carbonyl (C=O) groups is 2. The molecule has 2 saturated heterocycles. The maximum Gasteiger partial charge on any atom is 0.240 e. The van der Waals surface area contributed by atoms with E-state index in [0.29, 0.717) is 12.3 Å². The van der Waals surface area contributed by atoms with Crippen molar-refractivity contribution in [1.82, 2.24) is 10.6 Å². The van der Waals surface area contributed by atoms with E-state index in [1.807, 2.05) is 0 Å². The van der Waals surface area contributed by atoms with Gasteiger partial charge in [0.1, 0.15) is 0 Å². The van der Waals surface area contributed by atoms with Gasteiger partial charge in [0.15, 0.2) is 0 Å². The van der Waals surface area contributed by atoms with Gasteiger partial charge in [0.05, 0.1) is 5.25 Å². The van der Waals surface area contributed by atoms with Crippen molar-refractivity contribution in [3.63, 3.8) is 0 Å². The first kappa shape index (κ1) is 9.02. The van der Waals surface area contributed by atoms with Crippen LogP contribution in [-0.4, -0.2) is 35.9 Å². The van der Waals surface area contributed by atoms with Crippen LogP contribution in [0.4, 0.5) is 0 Å². The largest absolute Gasteiger partial charge is 0.316 e. The SMILES string of the molecule is O=C1CC(SCC2CNC2)C(=O)N1. The highest BCUT2D eigenvalue weighted by Crippen LogP contribution is 2.22. The quantitative estimate of drug-likeness (QED) is 0.595. The molecule has 2 heterocycles. The van der Waals surface area contributed by atoms with Crippen LogP contribution in [0.5, 0.6) is 0 Å². The molecule has 5 heteroatoms. The summed E-state index contributed by atoms with van der Waals surface area (Å²) in [6, 6.07) is 0. The van der Waals surface area contributed by atoms with E-state index in [9.17, 15) is 9.59 Å². The molecule has 0 spiro atoms. The van der Waals surface area contributed by atoms with Crippen molar-refractivity contribution < 1.29 is 9.59 Å². The minimum atomic E-state index is -0.131. The van der Waals surface area contributed by atoms with Crippen LogP contribution in [0.1, 0.15) is 6.42 Å². The van der Waals surface area contributed by atoms with Gasteiger partial charge in [-0.3, -0.25) is 14.9 Å². The van der Waals surface area contributed by atoms with E-state index in [1.54, 1.807) is 11.8 Å². The molecule has 0 saturated carbocycles. The Morgan fingerprint density at radius 2 is 2.15 bits per heavy atom. The van der Waals surface area contributed by atoms with E-state index < -0.39 is 0 Å². The Balaban J connectivity index is 1.74. The number of imide groups is 1. The van der Waals surface area contributed by atoms with Gasteiger partial charge >= 0.3 is 0 Å². The maximum atomic E-state index is 11.1. The lowest BCUT2D eigenvalue weighted by Gasteiger charge is -2.27. The molecule has 2 aliphatic rings. The van der Waals surface area contributed by atoms with E-state index in [-0.39, 0.29) is 17.1 Å². The summed E-state index contributed by atoms with van der Waals surface area (Å²) in [5.41, 5.74) is 0. The molecule has 0 aromatic heterocycles. The smallest absolute Gasteiger partial charge is 0.240 e. The number of amides is 2. The van der Waals surface area contributed by atoms with Gasteiger partial charge in [-0.05, 0) is 24.8 Å². The molecule has 13 heavy (non-hydrogen) atoms. The molecule has 2 amide bonds. The third-order valence-electron chi connectivity index (χ3n) is 2.32. The summed E-state index contributed by atoms with van der Waals surface area (Å²) in [4.78, 5) is 22.0. The number of nitrogens with one attached hydrogen (secondary N) is 2. The topological polar surface area (TPSA) is 58.2 Å². The lowest BCUT2D eigenvalue weighted by atomic mass is 10.1. The van der Waals surface area contributed by atoms with Crippen molar-refractivity contribution in [3.05, 3.63) is 0 Å². The second-order valence-corrected chi connectivity index (χ2v) is 4.70. The van der Waals surface area contributed by atoms with Crippen LogP contribution in [0.3, 0.4) is 0 Å². The molecule has 2 rings (SSSR count). The fourth-order valence-corrected chi connectivity index (χ4v) is 2.60. The summed E-state index contributed by atoms with van der Waals surface area (Å²) >= 11 is 1.61. The molecular weight excluding hydrogens is 188 g/mol. The molecule has 2 fully saturated rings. The van der Waals surface area contributed by atoms with Crippen LogP contribution in [-0.2, 0) is 9.59 Å². The second-order valence-electron chi connectivity index (χ2n) is 3.46. The van der Waals surface area contributed by atoms with Gasteiger partial charge in [0, 0.05) is 6.42 Å². The highest BCUT2D eigenvalue weighted by atomic mass is 32.2. The Morgan fingerprint density at radius 3 is 2.62 bits per heavy atom. The summed E-state index contributed by atoms with van der Waals surface area (Å²) in [5.74, 6) is 1.43. The molecule has 1 atom stereocenters. The number of rotatable bonds is 3. The standard InChI is InChI=1S/C8H12N2O2S/c11-7-1-6(8(12)10-7)13-4-5-2-9-3-5/h5-6,9H,1-4H2,(H,10,11,12). The summed E-state index contributed by atoms with van der Waals surface area (Å²) in [6.45, 7) is 2.10. The molecule has 72 valence electrons. The van der Waals surface area contributed by atoms with Crippen molar-refractivity contribution >= 4 is 23.6 Å². The van der Waals surface area contributed by atoms with Crippen molar-refractivity contribution in [2.45, 2.75) is 11.7 Å². The minimum absolute atomic E-state index is 0.109. The molecule has 0 radical (unpaired) electrons. The predicted octanol–water partition coefficient (Wildman–Crippen LogP) is -0.646. The van der Waals surface area contributed by atoms with Gasteiger partial charge in [0.25, 0.3) is 0 Å². The predicted molar refractivity (Wildman–Crippen MR) is 50.4 cm³/mol. The van der Waals surface area contributed by atoms with Gasteiger partial charge in [-0.1, -0.05) is 0 Å². The van der Waals surface area contributed by atoms with Gasteiger partial charge in [0.2, 0.25) is 11.8 Å². The van der Waals surface area contributed by atoms with Gasteiger partial charge < -0.3 is 5.32 Å². The third-order valence-corrected chi connectivity index (χ3v) is 3.77. The Labute approximate surface area is 80.8 Å². The fourth-order valence-electron chi connectivity index (χ4n) is 1.38. The van der Waals surface area contributed by atoms with E-state index >= 15 is 0 Å². The average molecular weight is 200 g/mol. The second kappa shape index (κ2) is 3.67. The zero-order chi connectivity index (χ0) is 9.26. The summed E-state index contributed by atoms with van der Waals surface area (Å²) in [5, 5.41) is 5.36. The van der Waals surface area contributed by atoms with Crippen LogP contribution in [0.15, 0.2) is 0 Å². The summed E-state index contributed by atoms with van der Waals surface area (Å²) < 4.78 is 0. The van der Waals surface area contributed by atoms with Crippen molar-refractivity contribution in [1.29, 1.82) is 0 Å². The fraction of sp³-hybridized carbons (Fsp3) is 0.750. The van der Waals surface area contributed by atoms with Crippen LogP contribution in [0.25, 0.3) is 0 Å². The molecule has 0 aromatic rings. The molecule has 2 aliphatic heterocycles. The number of thioether (sulfide) groups is 1. The number of hydrogen-bond donors (Lipinski definition) is 2. The van der Waals surface area contributed by atoms with Gasteiger partial charge in [-0.2, -0.15) is 0 Å². The lowest BCUT2D eigenvalue weighted by molar-refractivity contribution is -0.124. The minimum Gasteiger partial charge on any atom is -0.316 e. The molecule has 4 nitrogen and oxygen atoms in total. The van der Waals surface area contributed by atoms with Crippen LogP contribution in [0.2, 0.25) is 0 Å². The zero-order valence-electron chi connectivity index (χ0n) is 7.21. The first-order chi connectivity index (χ1) is 6.25. The van der Waals surface area contributed by atoms with E-state index in [0.717, 1.165) is 18.8 Å². The normalized spacial score (nSPS) is 28.8. The highest BCUT2D eigenvalue weighted by molar-refractivity contribution is 8.00. The van der Waals surface area contributed by atoms with Crippen LogP contribution >= 0.6 is 11.8 Å². The molecular formula is C8H12N2O2S. The Bertz CT molecular complexity index is 240. The van der Waals surface area contributed by atoms with E-state index in [1.165, 1.54) is 0 Å². The number of carbonyl (C=O) groups excluding carboxylic acids is 2. The van der Waals surface area contributed by atoms with Crippen molar-refractivity contribution in [3.8, 4) is 0 Å². The average Bonchev–Trinajstić information content (AvgIpc) is 2.27. The Kier molecular flexibility index (Phi) is 2.55. The maximum absolute atomic E-state index is 11.1. The van der Waals surface area contributed by atoms with E-state index in [4.69, 9.17) is 0 Å². The van der Waals surface area contributed by atoms with Gasteiger partial charge in [-0.25, -0.2) is 0 Å². The molecule has 0 aromatic carbocycles.